The van der Waals surface area contributed by atoms with Crippen molar-refractivity contribution < 1.29 is 5.11 Å². The molecule has 0 aliphatic carbocycles. The Kier molecular flexibility index (Phi) is 5.97. The minimum atomic E-state index is -0.481. The number of aliphatic hydroxyl groups is 1. The smallest absolute Gasteiger partial charge is 0.0733 e. The van der Waals surface area contributed by atoms with Gasteiger partial charge in [0.05, 0.1) is 12.1 Å². The van der Waals surface area contributed by atoms with Gasteiger partial charge in [-0.25, -0.2) is 0 Å². The molecule has 1 aromatic carbocycles. The highest BCUT2D eigenvalue weighted by molar-refractivity contribution is 9.11. The summed E-state index contributed by atoms with van der Waals surface area (Å²) in [5.41, 5.74) is 6.99. The molecule has 0 saturated carbocycles. The Morgan fingerprint density at radius 2 is 2.06 bits per heavy atom. The molecule has 2 atom stereocenters. The van der Waals surface area contributed by atoms with Crippen LogP contribution in [-0.4, -0.2) is 11.2 Å². The summed E-state index contributed by atoms with van der Waals surface area (Å²) in [5.74, 6) is 0. The second kappa shape index (κ2) is 6.74. The first-order chi connectivity index (χ1) is 7.56. The molecule has 0 radical (unpaired) electrons. The molecular formula is C12H17Br2NO. The minimum Gasteiger partial charge on any atom is -0.391 e. The van der Waals surface area contributed by atoms with Gasteiger partial charge in [0, 0.05) is 8.95 Å². The van der Waals surface area contributed by atoms with Gasteiger partial charge in [0.1, 0.15) is 0 Å². The lowest BCUT2D eigenvalue weighted by Gasteiger charge is -2.20. The first kappa shape index (κ1) is 14.2. The Morgan fingerprint density at radius 3 is 2.69 bits per heavy atom. The third-order valence-corrected chi connectivity index (χ3v) is 3.80. The molecule has 0 aromatic heterocycles. The summed E-state index contributed by atoms with van der Waals surface area (Å²) < 4.78 is 1.92. The second-order valence-electron chi connectivity index (χ2n) is 3.90. The quantitative estimate of drug-likeness (QED) is 0.849. The number of hydrogen-bond donors (Lipinski definition) is 2. The molecule has 1 rings (SSSR count). The topological polar surface area (TPSA) is 46.2 Å². The Hall–Kier alpha value is 0.1000. The number of unbranched alkanes of at least 4 members (excludes halogenated alkanes) is 1. The predicted octanol–water partition coefficient (Wildman–Crippen LogP) is 3.76. The van der Waals surface area contributed by atoms with Crippen LogP contribution < -0.4 is 5.73 Å². The zero-order valence-corrected chi connectivity index (χ0v) is 12.5. The van der Waals surface area contributed by atoms with Crippen LogP contribution in [0.15, 0.2) is 27.1 Å². The summed E-state index contributed by atoms with van der Waals surface area (Å²) >= 11 is 6.86. The summed E-state index contributed by atoms with van der Waals surface area (Å²) in [6.07, 6.45) is 2.34. The van der Waals surface area contributed by atoms with E-state index < -0.39 is 6.10 Å². The van der Waals surface area contributed by atoms with E-state index in [1.807, 2.05) is 18.2 Å². The van der Waals surface area contributed by atoms with Crippen LogP contribution >= 0.6 is 31.9 Å². The van der Waals surface area contributed by atoms with Crippen molar-refractivity contribution in [2.24, 2.45) is 5.73 Å². The van der Waals surface area contributed by atoms with Gasteiger partial charge in [0.2, 0.25) is 0 Å². The van der Waals surface area contributed by atoms with Crippen molar-refractivity contribution >= 4 is 31.9 Å². The summed E-state index contributed by atoms with van der Waals surface area (Å²) in [4.78, 5) is 0. The van der Waals surface area contributed by atoms with Crippen molar-refractivity contribution in [2.45, 2.75) is 38.3 Å². The molecule has 0 fully saturated rings. The lowest BCUT2D eigenvalue weighted by atomic mass is 9.98. The highest BCUT2D eigenvalue weighted by atomic mass is 79.9. The van der Waals surface area contributed by atoms with Crippen LogP contribution in [0.5, 0.6) is 0 Å². The SMILES string of the molecule is CCCC[C@H](O)[C@H](N)c1cc(Br)ccc1Br. The normalized spacial score (nSPS) is 14.8. The number of rotatable bonds is 5. The molecule has 1 aromatic rings. The van der Waals surface area contributed by atoms with Crippen LogP contribution in [-0.2, 0) is 0 Å². The number of nitrogens with two attached hydrogens (primary N) is 1. The molecule has 0 spiro atoms. The highest BCUT2D eigenvalue weighted by Gasteiger charge is 2.18. The van der Waals surface area contributed by atoms with Crippen LogP contribution in [0.1, 0.15) is 37.8 Å². The molecule has 0 aliphatic heterocycles. The fourth-order valence-corrected chi connectivity index (χ4v) is 2.46. The van der Waals surface area contributed by atoms with E-state index in [2.05, 4.69) is 38.8 Å². The maximum Gasteiger partial charge on any atom is 0.0733 e. The molecule has 0 aliphatic rings. The van der Waals surface area contributed by atoms with Gasteiger partial charge in [-0.05, 0) is 30.2 Å². The van der Waals surface area contributed by atoms with E-state index in [4.69, 9.17) is 5.73 Å². The summed E-state index contributed by atoms with van der Waals surface area (Å²) in [6, 6.07) is 5.49. The van der Waals surface area contributed by atoms with Gasteiger partial charge in [-0.1, -0.05) is 51.6 Å². The zero-order chi connectivity index (χ0) is 12.1. The van der Waals surface area contributed by atoms with E-state index in [9.17, 15) is 5.11 Å². The summed E-state index contributed by atoms with van der Waals surface area (Å²) in [5, 5.41) is 9.96. The maximum absolute atomic E-state index is 9.96. The van der Waals surface area contributed by atoms with Crippen molar-refractivity contribution in [1.29, 1.82) is 0 Å². The molecule has 2 nitrogen and oxygen atoms in total. The number of benzene rings is 1. The molecule has 0 bridgehead atoms. The van der Waals surface area contributed by atoms with Gasteiger partial charge in [-0.3, -0.25) is 0 Å². The van der Waals surface area contributed by atoms with Gasteiger partial charge < -0.3 is 10.8 Å². The first-order valence-electron chi connectivity index (χ1n) is 5.44. The second-order valence-corrected chi connectivity index (χ2v) is 5.67. The van der Waals surface area contributed by atoms with Crippen molar-refractivity contribution in [2.75, 3.05) is 0 Å². The molecule has 0 amide bonds. The molecule has 0 saturated heterocycles. The van der Waals surface area contributed by atoms with E-state index in [0.29, 0.717) is 0 Å². The Bertz CT molecular complexity index is 344. The Morgan fingerprint density at radius 1 is 1.38 bits per heavy atom. The van der Waals surface area contributed by atoms with Gasteiger partial charge in [0.25, 0.3) is 0 Å². The van der Waals surface area contributed by atoms with Crippen molar-refractivity contribution in [1.82, 2.24) is 0 Å². The van der Waals surface area contributed by atoms with Crippen LogP contribution in [0.3, 0.4) is 0 Å². The summed E-state index contributed by atoms with van der Waals surface area (Å²) in [7, 11) is 0. The van der Waals surface area contributed by atoms with Crippen LogP contribution in [0.4, 0.5) is 0 Å². The maximum atomic E-state index is 9.96. The molecule has 16 heavy (non-hydrogen) atoms. The monoisotopic (exact) mass is 349 g/mol. The predicted molar refractivity (Wildman–Crippen MR) is 74.3 cm³/mol. The van der Waals surface area contributed by atoms with Crippen LogP contribution in [0.2, 0.25) is 0 Å². The lowest BCUT2D eigenvalue weighted by Crippen LogP contribution is -2.26. The van der Waals surface area contributed by atoms with Crippen LogP contribution in [0, 0.1) is 0 Å². The minimum absolute atomic E-state index is 0.335. The number of hydrogen-bond acceptors (Lipinski definition) is 2. The van der Waals surface area contributed by atoms with E-state index in [1.165, 1.54) is 0 Å². The van der Waals surface area contributed by atoms with Crippen LogP contribution in [0.25, 0.3) is 0 Å². The highest BCUT2D eigenvalue weighted by Crippen LogP contribution is 2.28. The van der Waals surface area contributed by atoms with Gasteiger partial charge in [-0.2, -0.15) is 0 Å². The van der Waals surface area contributed by atoms with Crippen molar-refractivity contribution in [3.05, 3.63) is 32.7 Å². The molecular weight excluding hydrogens is 334 g/mol. The molecule has 0 unspecified atom stereocenters. The van der Waals surface area contributed by atoms with Gasteiger partial charge in [-0.15, -0.1) is 0 Å². The van der Waals surface area contributed by atoms with Gasteiger partial charge >= 0.3 is 0 Å². The van der Waals surface area contributed by atoms with Crippen molar-refractivity contribution in [3.63, 3.8) is 0 Å². The summed E-state index contributed by atoms with van der Waals surface area (Å²) in [6.45, 7) is 2.10. The number of halogens is 2. The Labute approximate surface area is 113 Å². The zero-order valence-electron chi connectivity index (χ0n) is 9.29. The van der Waals surface area contributed by atoms with Gasteiger partial charge in [0.15, 0.2) is 0 Å². The Balaban J connectivity index is 2.78. The number of aliphatic hydroxyl groups excluding tert-OH is 1. The van der Waals surface area contributed by atoms with E-state index >= 15 is 0 Å². The average molecular weight is 351 g/mol. The fourth-order valence-electron chi connectivity index (χ4n) is 1.57. The third-order valence-electron chi connectivity index (χ3n) is 2.59. The molecule has 0 heterocycles. The standard InChI is InChI=1S/C12H17Br2NO/c1-2-3-4-11(16)12(15)9-7-8(13)5-6-10(9)14/h5-7,11-12,16H,2-4,15H2,1H3/t11-,12+/m0/s1. The molecule has 90 valence electrons. The van der Waals surface area contributed by atoms with E-state index in [-0.39, 0.29) is 6.04 Å². The van der Waals surface area contributed by atoms with Crippen molar-refractivity contribution in [3.8, 4) is 0 Å². The first-order valence-corrected chi connectivity index (χ1v) is 7.03. The fraction of sp³-hybridized carbons (Fsp3) is 0.500. The van der Waals surface area contributed by atoms with E-state index in [1.54, 1.807) is 0 Å². The largest absolute Gasteiger partial charge is 0.391 e. The average Bonchev–Trinajstić information content (AvgIpc) is 2.28. The molecule has 4 heteroatoms. The lowest BCUT2D eigenvalue weighted by molar-refractivity contribution is 0.132. The van der Waals surface area contributed by atoms with E-state index in [0.717, 1.165) is 33.8 Å². The molecule has 3 N–H and O–H groups in total. The third kappa shape index (κ3) is 3.84.